The van der Waals surface area contributed by atoms with Gasteiger partial charge < -0.3 is 10.4 Å². The summed E-state index contributed by atoms with van der Waals surface area (Å²) < 4.78 is 0. The van der Waals surface area contributed by atoms with Gasteiger partial charge in [0.1, 0.15) is 5.82 Å². The molecule has 0 aromatic carbocycles. The van der Waals surface area contributed by atoms with Crippen molar-refractivity contribution >= 4 is 11.8 Å². The molecule has 0 radical (unpaired) electrons. The maximum Gasteiger partial charge on any atom is 0.239 e. The van der Waals surface area contributed by atoms with Gasteiger partial charge in [-0.1, -0.05) is 13.8 Å². The largest absolute Gasteiger partial charge is 0.388 e. The minimum Gasteiger partial charge on any atom is -0.388 e. The van der Waals surface area contributed by atoms with Crippen LogP contribution >= 0.6 is 0 Å². The number of aryl methyl sites for hydroxylation is 1. The molecule has 1 aromatic heterocycles. The highest BCUT2D eigenvalue weighted by atomic mass is 16.3. The van der Waals surface area contributed by atoms with Crippen molar-refractivity contribution < 1.29 is 5.11 Å². The van der Waals surface area contributed by atoms with Crippen molar-refractivity contribution in [1.29, 1.82) is 0 Å². The molecule has 0 spiro atoms. The molecule has 18 heavy (non-hydrogen) atoms. The number of rotatable bonds is 6. The van der Waals surface area contributed by atoms with Crippen LogP contribution in [-0.4, -0.2) is 27.2 Å². The topological polar surface area (TPSA) is 96.1 Å². The summed E-state index contributed by atoms with van der Waals surface area (Å²) in [5.41, 5.74) is 2.55. The first-order valence-electron chi connectivity index (χ1n) is 6.10. The Labute approximate surface area is 108 Å². The van der Waals surface area contributed by atoms with Crippen molar-refractivity contribution in [2.45, 2.75) is 39.7 Å². The molecule has 1 atom stereocenters. The van der Waals surface area contributed by atoms with Gasteiger partial charge in [0.2, 0.25) is 5.95 Å². The van der Waals surface area contributed by atoms with Crippen LogP contribution in [-0.2, 0) is 0 Å². The Bertz CT molecular complexity index is 392. The van der Waals surface area contributed by atoms with Gasteiger partial charge in [-0.05, 0) is 26.2 Å². The number of hydrazine groups is 1. The van der Waals surface area contributed by atoms with E-state index in [-0.39, 0.29) is 0 Å². The third-order valence-corrected chi connectivity index (χ3v) is 2.59. The molecule has 1 heterocycles. The summed E-state index contributed by atoms with van der Waals surface area (Å²) in [6.45, 7) is 8.33. The third kappa shape index (κ3) is 4.46. The van der Waals surface area contributed by atoms with Crippen LogP contribution in [0.5, 0.6) is 0 Å². The molecular weight excluding hydrogens is 230 g/mol. The van der Waals surface area contributed by atoms with E-state index in [1.54, 1.807) is 6.20 Å². The second kappa shape index (κ2) is 5.97. The number of hydrogen-bond donors (Lipinski definition) is 4. The fourth-order valence-electron chi connectivity index (χ4n) is 1.92. The van der Waals surface area contributed by atoms with Crippen LogP contribution in [0, 0.1) is 12.8 Å². The zero-order valence-electron chi connectivity index (χ0n) is 11.5. The minimum absolute atomic E-state index is 0.353. The lowest BCUT2D eigenvalue weighted by atomic mass is 9.94. The predicted octanol–water partition coefficient (Wildman–Crippen LogP) is 1.28. The van der Waals surface area contributed by atoms with E-state index < -0.39 is 5.60 Å². The summed E-state index contributed by atoms with van der Waals surface area (Å²) in [5.74, 6) is 6.74. The molecule has 0 aliphatic heterocycles. The Balaban J connectivity index is 2.67. The fraction of sp³-hybridized carbons (Fsp3) is 0.667. The van der Waals surface area contributed by atoms with Gasteiger partial charge in [0.25, 0.3) is 0 Å². The lowest BCUT2D eigenvalue weighted by Crippen LogP contribution is -2.35. The first-order chi connectivity index (χ1) is 8.34. The number of nitrogen functional groups attached to an aromatic ring is 1. The van der Waals surface area contributed by atoms with Crippen LogP contribution in [0.25, 0.3) is 0 Å². The van der Waals surface area contributed by atoms with E-state index in [2.05, 4.69) is 34.6 Å². The van der Waals surface area contributed by atoms with Gasteiger partial charge in [0.05, 0.1) is 5.60 Å². The van der Waals surface area contributed by atoms with Crippen molar-refractivity contribution in [3.63, 3.8) is 0 Å². The molecule has 6 heteroatoms. The minimum atomic E-state index is -0.762. The van der Waals surface area contributed by atoms with E-state index in [1.165, 1.54) is 0 Å². The standard InChI is InChI=1S/C12H23N5O/c1-8(2)5-12(4,18)7-15-10-9(3)6-14-11(16-10)17-13/h6,8,18H,5,7,13H2,1-4H3,(H2,14,15,16,17). The molecule has 0 amide bonds. The molecule has 0 aliphatic rings. The van der Waals surface area contributed by atoms with E-state index in [9.17, 15) is 5.11 Å². The Morgan fingerprint density at radius 1 is 1.50 bits per heavy atom. The van der Waals surface area contributed by atoms with Gasteiger partial charge in [0, 0.05) is 18.3 Å². The normalized spacial score (nSPS) is 14.4. The van der Waals surface area contributed by atoms with Crippen LogP contribution in [0.3, 0.4) is 0 Å². The maximum absolute atomic E-state index is 10.2. The van der Waals surface area contributed by atoms with E-state index in [4.69, 9.17) is 5.84 Å². The van der Waals surface area contributed by atoms with Gasteiger partial charge >= 0.3 is 0 Å². The van der Waals surface area contributed by atoms with Gasteiger partial charge in [0.15, 0.2) is 0 Å². The van der Waals surface area contributed by atoms with Gasteiger partial charge in [-0.15, -0.1) is 0 Å². The number of aromatic nitrogens is 2. The Kier molecular flexibility index (Phi) is 4.86. The lowest BCUT2D eigenvalue weighted by Gasteiger charge is -2.26. The molecule has 0 saturated carbocycles. The number of nitrogens with two attached hydrogens (primary N) is 1. The van der Waals surface area contributed by atoms with Crippen molar-refractivity contribution in [3.05, 3.63) is 11.8 Å². The molecule has 0 saturated heterocycles. The number of hydrogen-bond acceptors (Lipinski definition) is 6. The smallest absolute Gasteiger partial charge is 0.239 e. The Hall–Kier alpha value is -1.40. The lowest BCUT2D eigenvalue weighted by molar-refractivity contribution is 0.0514. The zero-order chi connectivity index (χ0) is 13.8. The second-order valence-electron chi connectivity index (χ2n) is 5.32. The molecule has 0 aliphatic carbocycles. The van der Waals surface area contributed by atoms with Crippen LogP contribution in [0.2, 0.25) is 0 Å². The number of anilines is 2. The highest BCUT2D eigenvalue weighted by Gasteiger charge is 2.22. The first-order valence-corrected chi connectivity index (χ1v) is 6.10. The molecule has 0 fully saturated rings. The number of nitrogens with one attached hydrogen (secondary N) is 2. The quantitative estimate of drug-likeness (QED) is 0.450. The van der Waals surface area contributed by atoms with Gasteiger partial charge in [-0.3, -0.25) is 5.43 Å². The molecule has 5 N–H and O–H groups in total. The van der Waals surface area contributed by atoms with Crippen molar-refractivity contribution in [2.24, 2.45) is 11.8 Å². The van der Waals surface area contributed by atoms with Crippen LogP contribution in [0.1, 0.15) is 32.8 Å². The van der Waals surface area contributed by atoms with Crippen LogP contribution in [0.4, 0.5) is 11.8 Å². The van der Waals surface area contributed by atoms with E-state index in [1.807, 2.05) is 13.8 Å². The van der Waals surface area contributed by atoms with Crippen molar-refractivity contribution in [3.8, 4) is 0 Å². The van der Waals surface area contributed by atoms with E-state index in [0.717, 1.165) is 12.0 Å². The molecule has 6 nitrogen and oxygen atoms in total. The molecule has 1 unspecified atom stereocenters. The zero-order valence-corrected chi connectivity index (χ0v) is 11.5. The summed E-state index contributed by atoms with van der Waals surface area (Å²) in [4.78, 5) is 8.20. The average Bonchev–Trinajstić information content (AvgIpc) is 2.26. The Morgan fingerprint density at radius 3 is 2.72 bits per heavy atom. The highest BCUT2D eigenvalue weighted by Crippen LogP contribution is 2.18. The van der Waals surface area contributed by atoms with Crippen molar-refractivity contribution in [1.82, 2.24) is 9.97 Å². The van der Waals surface area contributed by atoms with Crippen LogP contribution in [0.15, 0.2) is 6.20 Å². The van der Waals surface area contributed by atoms with Crippen molar-refractivity contribution in [2.75, 3.05) is 17.3 Å². The van der Waals surface area contributed by atoms with Gasteiger partial charge in [-0.2, -0.15) is 4.98 Å². The Morgan fingerprint density at radius 2 is 2.17 bits per heavy atom. The van der Waals surface area contributed by atoms with Gasteiger partial charge in [-0.25, -0.2) is 10.8 Å². The maximum atomic E-state index is 10.2. The summed E-state index contributed by atoms with van der Waals surface area (Å²) in [6, 6.07) is 0. The highest BCUT2D eigenvalue weighted by molar-refractivity contribution is 5.46. The third-order valence-electron chi connectivity index (χ3n) is 2.59. The predicted molar refractivity (Wildman–Crippen MR) is 73.1 cm³/mol. The fourth-order valence-corrected chi connectivity index (χ4v) is 1.92. The second-order valence-corrected chi connectivity index (χ2v) is 5.32. The molecule has 1 aromatic rings. The van der Waals surface area contributed by atoms with Crippen LogP contribution < -0.4 is 16.6 Å². The molecular formula is C12H23N5O. The summed E-state index contributed by atoms with van der Waals surface area (Å²) >= 11 is 0. The number of nitrogens with zero attached hydrogens (tertiary/aromatic N) is 2. The molecule has 0 bridgehead atoms. The molecule has 102 valence electrons. The average molecular weight is 253 g/mol. The summed E-state index contributed by atoms with van der Waals surface area (Å²) in [6.07, 6.45) is 2.41. The monoisotopic (exact) mass is 253 g/mol. The summed E-state index contributed by atoms with van der Waals surface area (Å²) in [7, 11) is 0. The van der Waals surface area contributed by atoms with E-state index >= 15 is 0 Å². The molecule has 1 rings (SSSR count). The SMILES string of the molecule is Cc1cnc(NN)nc1NCC(C)(O)CC(C)C. The first kappa shape index (κ1) is 14.7. The summed E-state index contributed by atoms with van der Waals surface area (Å²) in [5, 5.41) is 13.4. The number of aliphatic hydroxyl groups is 1. The van der Waals surface area contributed by atoms with E-state index in [0.29, 0.717) is 24.2 Å².